The number of aromatic nitrogens is 2. The summed E-state index contributed by atoms with van der Waals surface area (Å²) in [5.74, 6) is 0. The second-order valence-electron chi connectivity index (χ2n) is 5.40. The maximum absolute atomic E-state index is 11.9. The van der Waals surface area contributed by atoms with Crippen molar-refractivity contribution in [2.75, 3.05) is 19.8 Å². The number of carbonyl (C=O) groups excluding carboxylic acids is 1. The number of rotatable bonds is 6. The first-order valence-electron chi connectivity index (χ1n) is 6.87. The average Bonchev–Trinajstić information content (AvgIpc) is 2.79. The van der Waals surface area contributed by atoms with E-state index >= 15 is 0 Å². The van der Waals surface area contributed by atoms with Gasteiger partial charge >= 0.3 is 5.69 Å². The molecule has 1 aliphatic rings. The summed E-state index contributed by atoms with van der Waals surface area (Å²) in [6, 6.07) is 1.07. The van der Waals surface area contributed by atoms with Gasteiger partial charge in [0.25, 0.3) is 5.56 Å². The van der Waals surface area contributed by atoms with E-state index in [0.717, 1.165) is 16.8 Å². The van der Waals surface area contributed by atoms with Crippen molar-refractivity contribution in [3.05, 3.63) is 33.1 Å². The molecular formula is C13H19N3O6. The third-order valence-corrected chi connectivity index (χ3v) is 4.11. The van der Waals surface area contributed by atoms with Gasteiger partial charge in [-0.05, 0) is 19.4 Å². The number of hydrogen-bond acceptors (Lipinski definition) is 7. The van der Waals surface area contributed by atoms with Crippen molar-refractivity contribution in [3.8, 4) is 0 Å². The van der Waals surface area contributed by atoms with Crippen LogP contribution >= 0.6 is 0 Å². The Labute approximate surface area is 125 Å². The zero-order chi connectivity index (χ0) is 16.4. The van der Waals surface area contributed by atoms with Gasteiger partial charge in [0.1, 0.15) is 11.7 Å². The van der Waals surface area contributed by atoms with Gasteiger partial charge in [-0.25, -0.2) is 4.79 Å². The van der Waals surface area contributed by atoms with E-state index in [1.807, 2.05) is 4.98 Å². The number of nitrogens with one attached hydrogen (secondary N) is 1. The Morgan fingerprint density at radius 1 is 1.55 bits per heavy atom. The fraction of sp³-hybridized carbons (Fsp3) is 0.615. The third-order valence-electron chi connectivity index (χ3n) is 4.11. The van der Waals surface area contributed by atoms with E-state index in [9.17, 15) is 24.6 Å². The van der Waals surface area contributed by atoms with E-state index in [2.05, 4.69) is 0 Å². The predicted molar refractivity (Wildman–Crippen MR) is 75.4 cm³/mol. The van der Waals surface area contributed by atoms with Gasteiger partial charge in [0.05, 0.1) is 13.2 Å². The summed E-state index contributed by atoms with van der Waals surface area (Å²) in [5.41, 5.74) is 0.889. The van der Waals surface area contributed by atoms with Crippen LogP contribution in [0, 0.1) is 0 Å². The molecule has 0 amide bonds. The predicted octanol–water partition coefficient (Wildman–Crippen LogP) is -2.71. The quantitative estimate of drug-likeness (QED) is 0.417. The van der Waals surface area contributed by atoms with Gasteiger partial charge in [-0.3, -0.25) is 14.3 Å². The van der Waals surface area contributed by atoms with Gasteiger partial charge < -0.3 is 25.5 Å². The minimum absolute atomic E-state index is 0.231. The Kier molecular flexibility index (Phi) is 4.61. The standard InChI is InChI=1S/C13H19N3O6/c14-4-1-3-13(7-18)10(20)12(6-17,8-22-13)16-5-2-9(19)15-11(16)21/h2,5-6,10,18,20H,1,3-4,7-8,14H2,(H,15,19,21)/t10-,12+,13+/m0/s1. The van der Waals surface area contributed by atoms with Crippen LogP contribution in [0.4, 0.5) is 0 Å². The molecule has 22 heavy (non-hydrogen) atoms. The molecule has 9 heteroatoms. The Bertz CT molecular complexity index is 656. The number of carbonyl (C=O) groups is 1. The third kappa shape index (κ3) is 2.41. The number of aliphatic hydroxyl groups is 2. The number of hydrogen-bond donors (Lipinski definition) is 4. The van der Waals surface area contributed by atoms with E-state index < -0.39 is 35.1 Å². The SMILES string of the molecule is NCCC[C@]1(CO)OC[C@@](C=O)(n2ccc(=O)[nH]c2=O)[C@@H]1O. The first-order chi connectivity index (χ1) is 10.5. The van der Waals surface area contributed by atoms with Crippen molar-refractivity contribution in [2.24, 2.45) is 5.73 Å². The number of aliphatic hydroxyl groups excluding tert-OH is 2. The number of nitrogens with two attached hydrogens (primary N) is 1. The van der Waals surface area contributed by atoms with E-state index in [-0.39, 0.29) is 13.0 Å². The molecule has 1 aromatic heterocycles. The minimum Gasteiger partial charge on any atom is -0.393 e. The van der Waals surface area contributed by atoms with Crippen LogP contribution in [0.3, 0.4) is 0 Å². The molecule has 0 bridgehead atoms. The number of nitrogens with zero attached hydrogens (tertiary/aromatic N) is 1. The second kappa shape index (κ2) is 6.13. The van der Waals surface area contributed by atoms with Crippen LogP contribution in [-0.4, -0.2) is 57.5 Å². The molecule has 0 saturated carbocycles. The van der Waals surface area contributed by atoms with Crippen molar-refractivity contribution in [1.29, 1.82) is 0 Å². The largest absolute Gasteiger partial charge is 0.393 e. The maximum atomic E-state index is 11.9. The van der Waals surface area contributed by atoms with Crippen molar-refractivity contribution >= 4 is 6.29 Å². The minimum atomic E-state index is -1.71. The summed E-state index contributed by atoms with van der Waals surface area (Å²) < 4.78 is 6.43. The Morgan fingerprint density at radius 3 is 2.82 bits per heavy atom. The van der Waals surface area contributed by atoms with Crippen LogP contribution in [-0.2, 0) is 15.1 Å². The van der Waals surface area contributed by atoms with E-state index in [1.54, 1.807) is 0 Å². The normalized spacial score (nSPS) is 31.3. The molecule has 9 nitrogen and oxygen atoms in total. The number of aldehydes is 1. The maximum Gasteiger partial charge on any atom is 0.329 e. The lowest BCUT2D eigenvalue weighted by molar-refractivity contribution is -0.123. The monoisotopic (exact) mass is 313 g/mol. The van der Waals surface area contributed by atoms with Crippen LogP contribution in [0.15, 0.2) is 21.9 Å². The zero-order valence-corrected chi connectivity index (χ0v) is 11.9. The van der Waals surface area contributed by atoms with E-state index in [4.69, 9.17) is 10.5 Å². The second-order valence-corrected chi connectivity index (χ2v) is 5.40. The molecule has 2 heterocycles. The van der Waals surface area contributed by atoms with Crippen molar-refractivity contribution in [2.45, 2.75) is 30.1 Å². The first-order valence-corrected chi connectivity index (χ1v) is 6.87. The molecule has 0 spiro atoms. The van der Waals surface area contributed by atoms with Gasteiger partial charge in [0.15, 0.2) is 11.8 Å². The molecule has 122 valence electrons. The van der Waals surface area contributed by atoms with E-state index in [1.165, 1.54) is 0 Å². The highest BCUT2D eigenvalue weighted by molar-refractivity contribution is 5.65. The smallest absolute Gasteiger partial charge is 0.329 e. The summed E-state index contributed by atoms with van der Waals surface area (Å²) in [4.78, 5) is 36.8. The first kappa shape index (κ1) is 16.6. The number of H-pyrrole nitrogens is 1. The van der Waals surface area contributed by atoms with Gasteiger partial charge in [0.2, 0.25) is 0 Å². The highest BCUT2D eigenvalue weighted by Crippen LogP contribution is 2.39. The fourth-order valence-electron chi connectivity index (χ4n) is 2.80. The van der Waals surface area contributed by atoms with Crippen molar-refractivity contribution < 1.29 is 19.7 Å². The van der Waals surface area contributed by atoms with Crippen molar-refractivity contribution in [3.63, 3.8) is 0 Å². The Hall–Kier alpha value is -1.81. The van der Waals surface area contributed by atoms with E-state index in [0.29, 0.717) is 19.3 Å². The highest BCUT2D eigenvalue weighted by Gasteiger charge is 2.59. The summed E-state index contributed by atoms with van der Waals surface area (Å²) in [5, 5.41) is 20.2. The van der Waals surface area contributed by atoms with Gasteiger partial charge in [0, 0.05) is 12.3 Å². The molecule has 1 aliphatic heterocycles. The highest BCUT2D eigenvalue weighted by atomic mass is 16.5. The number of ether oxygens (including phenoxy) is 1. The lowest BCUT2D eigenvalue weighted by atomic mass is 9.83. The average molecular weight is 313 g/mol. The molecule has 5 N–H and O–H groups in total. The fourth-order valence-corrected chi connectivity index (χ4v) is 2.80. The number of aromatic amines is 1. The summed E-state index contributed by atoms with van der Waals surface area (Å²) >= 11 is 0. The lowest BCUT2D eigenvalue weighted by Gasteiger charge is -2.34. The molecule has 1 fully saturated rings. The summed E-state index contributed by atoms with van der Waals surface area (Å²) in [7, 11) is 0. The molecule has 1 saturated heterocycles. The van der Waals surface area contributed by atoms with Crippen LogP contribution in [0.5, 0.6) is 0 Å². The molecule has 0 aromatic carbocycles. The zero-order valence-electron chi connectivity index (χ0n) is 11.9. The Morgan fingerprint density at radius 2 is 2.27 bits per heavy atom. The van der Waals surface area contributed by atoms with Gasteiger partial charge in [-0.15, -0.1) is 0 Å². The summed E-state index contributed by atoms with van der Waals surface area (Å²) in [6.45, 7) is -0.499. The molecule has 3 atom stereocenters. The van der Waals surface area contributed by atoms with Gasteiger partial charge in [-0.1, -0.05) is 0 Å². The lowest BCUT2D eigenvalue weighted by Crippen LogP contribution is -2.57. The Balaban J connectivity index is 2.49. The molecule has 1 aromatic rings. The topological polar surface area (TPSA) is 148 Å². The van der Waals surface area contributed by atoms with Crippen LogP contribution in [0.2, 0.25) is 0 Å². The van der Waals surface area contributed by atoms with Crippen molar-refractivity contribution in [1.82, 2.24) is 9.55 Å². The molecule has 0 aliphatic carbocycles. The molecular weight excluding hydrogens is 294 g/mol. The molecule has 2 rings (SSSR count). The van der Waals surface area contributed by atoms with Gasteiger partial charge in [-0.2, -0.15) is 0 Å². The van der Waals surface area contributed by atoms with Crippen LogP contribution in [0.25, 0.3) is 0 Å². The molecule has 0 unspecified atom stereocenters. The van der Waals surface area contributed by atoms with Crippen LogP contribution < -0.4 is 17.0 Å². The van der Waals surface area contributed by atoms with Crippen LogP contribution in [0.1, 0.15) is 12.8 Å². The summed E-state index contributed by atoms with van der Waals surface area (Å²) in [6.07, 6.45) is 0.759. The molecule has 0 radical (unpaired) electrons.